The van der Waals surface area contributed by atoms with E-state index in [1.54, 1.807) is 13.0 Å². The van der Waals surface area contributed by atoms with Gasteiger partial charge in [-0.15, -0.1) is 0 Å². The van der Waals surface area contributed by atoms with Gasteiger partial charge in [-0.3, -0.25) is 0 Å². The molecule has 0 atom stereocenters. The third-order valence-corrected chi connectivity index (χ3v) is 7.18. The Hall–Kier alpha value is -2.06. The Balaban J connectivity index is 1.71. The molecule has 0 amide bonds. The van der Waals surface area contributed by atoms with Crippen LogP contribution in [-0.2, 0) is 6.54 Å². The number of piperidine rings is 1. The van der Waals surface area contributed by atoms with Crippen molar-refractivity contribution in [1.29, 1.82) is 0 Å². The number of hydrogen-bond acceptors (Lipinski definition) is 5. The summed E-state index contributed by atoms with van der Waals surface area (Å²) >= 11 is 3.78. The second-order valence-electron chi connectivity index (χ2n) is 8.60. The molecule has 2 aromatic rings. The second kappa shape index (κ2) is 10.3. The summed E-state index contributed by atoms with van der Waals surface area (Å²) in [7, 11) is 0. The quantitative estimate of drug-likeness (QED) is 0.662. The van der Waals surface area contributed by atoms with Crippen LogP contribution in [0.25, 0.3) is 10.7 Å². The standard InChI is InChI=1S/C24H30BrF2N5/c1-15-17(5-3-6-19(15)23(26)27)13-29-24-20-14-28-18-8-11-32(12-9-18)10-4-7-21(25)22(20)30-16(2)31-24/h3,5-6,14,18,23,28H,4,7-13H2,1-2H3,(H,29,30,31)/b20-14-,22-21-. The number of aryl methyl sites for hydroxylation is 1. The van der Waals surface area contributed by atoms with Gasteiger partial charge in [-0.1, -0.05) is 34.1 Å². The number of fused-ring (bicyclic) bond motifs is 6. The van der Waals surface area contributed by atoms with Crippen molar-refractivity contribution in [3.05, 3.63) is 51.3 Å². The molecule has 0 aliphatic carbocycles. The number of halogens is 3. The lowest BCUT2D eigenvalue weighted by Gasteiger charge is -2.32. The summed E-state index contributed by atoms with van der Waals surface area (Å²) in [5.41, 5.74) is 1.53. The van der Waals surface area contributed by atoms with Crippen molar-refractivity contribution in [2.75, 3.05) is 25.0 Å². The van der Waals surface area contributed by atoms with Gasteiger partial charge >= 0.3 is 0 Å². The molecular formula is C24H30BrF2N5. The Labute approximate surface area is 196 Å². The van der Waals surface area contributed by atoms with E-state index in [0.29, 0.717) is 29.8 Å². The molecule has 1 aromatic heterocycles. The predicted molar refractivity (Wildman–Crippen MR) is 128 cm³/mol. The van der Waals surface area contributed by atoms with Gasteiger partial charge in [0.15, 0.2) is 0 Å². The van der Waals surface area contributed by atoms with Crippen LogP contribution in [0.1, 0.15) is 54.6 Å². The smallest absolute Gasteiger partial charge is 0.264 e. The van der Waals surface area contributed by atoms with Crippen molar-refractivity contribution >= 4 is 32.4 Å². The first-order valence-corrected chi connectivity index (χ1v) is 12.0. The van der Waals surface area contributed by atoms with Crippen molar-refractivity contribution in [3.8, 4) is 0 Å². The summed E-state index contributed by atoms with van der Waals surface area (Å²) in [6.07, 6.45) is 3.77. The summed E-state index contributed by atoms with van der Waals surface area (Å²) in [6, 6.07) is 5.48. The molecule has 2 N–H and O–H groups in total. The number of nitrogens with one attached hydrogen (secondary N) is 2. The molecule has 1 aromatic carbocycles. The lowest BCUT2D eigenvalue weighted by molar-refractivity contribution is 0.150. The minimum atomic E-state index is -2.48. The fourth-order valence-corrected chi connectivity index (χ4v) is 5.05. The zero-order valence-electron chi connectivity index (χ0n) is 18.6. The predicted octanol–water partition coefficient (Wildman–Crippen LogP) is 3.73. The van der Waals surface area contributed by atoms with Crippen LogP contribution in [0.2, 0.25) is 0 Å². The van der Waals surface area contributed by atoms with Crippen LogP contribution >= 0.6 is 15.9 Å². The average molecular weight is 506 g/mol. The molecule has 1 saturated heterocycles. The number of aromatic nitrogens is 2. The number of alkyl halides is 2. The van der Waals surface area contributed by atoms with Crippen LogP contribution in [0, 0.1) is 13.8 Å². The van der Waals surface area contributed by atoms with Gasteiger partial charge in [-0.2, -0.15) is 0 Å². The van der Waals surface area contributed by atoms with Gasteiger partial charge in [-0.25, -0.2) is 18.7 Å². The molecule has 4 heterocycles. The average Bonchev–Trinajstić information content (AvgIpc) is 2.77. The molecule has 5 rings (SSSR count). The molecule has 0 unspecified atom stereocenters. The molecule has 5 nitrogen and oxygen atoms in total. The van der Waals surface area contributed by atoms with Crippen LogP contribution in [0.3, 0.4) is 0 Å². The van der Waals surface area contributed by atoms with Crippen molar-refractivity contribution in [3.63, 3.8) is 0 Å². The highest BCUT2D eigenvalue weighted by molar-refractivity contribution is 9.14. The Morgan fingerprint density at radius 2 is 1.97 bits per heavy atom. The largest absolute Gasteiger partial charge is 0.387 e. The minimum Gasteiger partial charge on any atom is -0.387 e. The van der Waals surface area contributed by atoms with E-state index >= 15 is 0 Å². The monoisotopic (exact) mass is 505 g/mol. The van der Waals surface area contributed by atoms with Crippen molar-refractivity contribution < 1.29 is 8.78 Å². The molecule has 2 bridgehead atoms. The number of nitrogens with zero attached hydrogens (tertiary/aromatic N) is 3. The molecule has 0 radical (unpaired) electrons. The number of rotatable bonds is 4. The van der Waals surface area contributed by atoms with Crippen LogP contribution in [-0.4, -0.2) is 40.5 Å². The summed E-state index contributed by atoms with van der Waals surface area (Å²) in [5, 5.41) is 8.79. The second-order valence-corrected chi connectivity index (χ2v) is 9.56. The number of hydrogen-bond donors (Lipinski definition) is 2. The minimum absolute atomic E-state index is 0.0780. The summed E-state index contributed by atoms with van der Waals surface area (Å²) < 4.78 is 27.7. The maximum Gasteiger partial charge on any atom is 0.264 e. The van der Waals surface area contributed by atoms with Crippen LogP contribution in [0.4, 0.5) is 14.6 Å². The highest BCUT2D eigenvalue weighted by atomic mass is 79.9. The molecule has 3 aliphatic heterocycles. The highest BCUT2D eigenvalue weighted by Crippen LogP contribution is 2.25. The normalized spacial score (nSPS) is 24.0. The highest BCUT2D eigenvalue weighted by Gasteiger charge is 2.19. The van der Waals surface area contributed by atoms with E-state index in [-0.39, 0.29) is 5.56 Å². The van der Waals surface area contributed by atoms with Crippen LogP contribution < -0.4 is 21.2 Å². The molecular weight excluding hydrogens is 476 g/mol. The Morgan fingerprint density at radius 3 is 2.72 bits per heavy atom. The van der Waals surface area contributed by atoms with Gasteiger partial charge in [-0.05, 0) is 57.2 Å². The van der Waals surface area contributed by atoms with Crippen LogP contribution in [0.5, 0.6) is 0 Å². The lowest BCUT2D eigenvalue weighted by Crippen LogP contribution is -2.44. The molecule has 3 aliphatic rings. The van der Waals surface area contributed by atoms with Gasteiger partial charge in [0.25, 0.3) is 6.43 Å². The SMILES string of the molecule is Cc1nc(NCc2cccc(C(F)F)c2C)c2/c(n1)=C(/Br)CCCN1CCC(CC1)N/C=2. The van der Waals surface area contributed by atoms with E-state index in [4.69, 9.17) is 4.98 Å². The summed E-state index contributed by atoms with van der Waals surface area (Å²) in [6.45, 7) is 7.37. The molecule has 172 valence electrons. The molecule has 0 saturated carbocycles. The number of anilines is 1. The van der Waals surface area contributed by atoms with E-state index < -0.39 is 6.43 Å². The molecule has 1 fully saturated rings. The van der Waals surface area contributed by atoms with E-state index in [9.17, 15) is 8.78 Å². The number of benzene rings is 1. The van der Waals surface area contributed by atoms with Gasteiger partial charge in [0.05, 0.1) is 10.6 Å². The maximum atomic E-state index is 13.3. The van der Waals surface area contributed by atoms with E-state index in [2.05, 4.69) is 36.4 Å². The Morgan fingerprint density at radius 1 is 1.19 bits per heavy atom. The van der Waals surface area contributed by atoms with Crippen molar-refractivity contribution in [1.82, 2.24) is 20.2 Å². The zero-order chi connectivity index (χ0) is 22.7. The van der Waals surface area contributed by atoms with E-state index in [0.717, 1.165) is 65.9 Å². The first-order chi connectivity index (χ1) is 15.4. The van der Waals surface area contributed by atoms with Crippen molar-refractivity contribution in [2.45, 2.75) is 58.5 Å². The third-order valence-electron chi connectivity index (χ3n) is 6.41. The summed E-state index contributed by atoms with van der Waals surface area (Å²) in [4.78, 5) is 11.9. The van der Waals surface area contributed by atoms with Gasteiger partial charge in [0.1, 0.15) is 11.6 Å². The molecule has 8 heteroatoms. The van der Waals surface area contributed by atoms with Crippen molar-refractivity contribution in [2.24, 2.45) is 0 Å². The Kier molecular flexibility index (Phi) is 7.40. The molecule has 32 heavy (non-hydrogen) atoms. The fourth-order valence-electron chi connectivity index (χ4n) is 4.47. The summed E-state index contributed by atoms with van der Waals surface area (Å²) in [5.74, 6) is 1.39. The van der Waals surface area contributed by atoms with E-state index in [1.165, 1.54) is 6.07 Å². The molecule has 0 spiro atoms. The first kappa shape index (κ1) is 23.1. The van der Waals surface area contributed by atoms with Gasteiger partial charge in [0, 0.05) is 41.9 Å². The fraction of sp³-hybridized carbons (Fsp3) is 0.500. The lowest BCUT2D eigenvalue weighted by atomic mass is 10.0. The third kappa shape index (κ3) is 5.29. The van der Waals surface area contributed by atoms with Crippen LogP contribution in [0.15, 0.2) is 18.2 Å². The topological polar surface area (TPSA) is 53.1 Å². The first-order valence-electron chi connectivity index (χ1n) is 11.2. The van der Waals surface area contributed by atoms with Gasteiger partial charge in [0.2, 0.25) is 0 Å². The van der Waals surface area contributed by atoms with Gasteiger partial charge < -0.3 is 15.5 Å². The maximum absolute atomic E-state index is 13.3. The van der Waals surface area contributed by atoms with E-state index in [1.807, 2.05) is 19.2 Å². The Bertz CT molecular complexity index is 1080. The zero-order valence-corrected chi connectivity index (χ0v) is 20.2.